The Morgan fingerprint density at radius 3 is 2.32 bits per heavy atom. The number of benzene rings is 3. The number of ether oxygens (including phenoxy) is 4. The molecule has 16 nitrogen and oxygen atoms in total. The number of phenols is 3. The summed E-state index contributed by atoms with van der Waals surface area (Å²) in [5.74, 6) is -8.41. The Balaban J connectivity index is 1.47. The molecule has 356 valence electrons. The molecule has 7 rings (SSSR count). The second-order valence-electron chi connectivity index (χ2n) is 17.9. The molecule has 3 aromatic rings. The van der Waals surface area contributed by atoms with Crippen LogP contribution in [0.2, 0.25) is 0 Å². The number of carbonyl (C=O) groups is 3. The van der Waals surface area contributed by atoms with Crippen LogP contribution < -0.4 is 10.1 Å². The van der Waals surface area contributed by atoms with E-state index in [2.05, 4.69) is 22.3 Å². The van der Waals surface area contributed by atoms with Gasteiger partial charge in [-0.25, -0.2) is 0 Å². The Morgan fingerprint density at radius 2 is 1.64 bits per heavy atom. The zero-order valence-corrected chi connectivity index (χ0v) is 39.1. The summed E-state index contributed by atoms with van der Waals surface area (Å²) in [7, 11) is 1.44. The van der Waals surface area contributed by atoms with Gasteiger partial charge in [-0.15, -0.1) is 0 Å². The number of hydrazone groups is 1. The summed E-state index contributed by atoms with van der Waals surface area (Å²) >= 11 is 0. The number of hydrogen-bond donors (Lipinski definition) is 6. The van der Waals surface area contributed by atoms with E-state index >= 15 is 0 Å². The zero-order valence-electron chi connectivity index (χ0n) is 39.1. The van der Waals surface area contributed by atoms with E-state index in [4.69, 9.17) is 24.0 Å². The fourth-order valence-electron chi connectivity index (χ4n) is 9.08. The lowest BCUT2D eigenvalue weighted by Crippen LogP contribution is -2.46. The number of nitrogens with zero attached hydrogens (tertiary/aromatic N) is 3. The minimum absolute atomic E-state index is 0.0533. The van der Waals surface area contributed by atoms with E-state index in [1.54, 1.807) is 39.8 Å². The molecule has 0 spiro atoms. The molecule has 9 atom stereocenters. The number of Topliss-reactive ketones (excluding diaryl/α,β-unsaturated/α-hetero) is 1. The van der Waals surface area contributed by atoms with Crippen LogP contribution >= 0.6 is 0 Å². The van der Waals surface area contributed by atoms with Crippen LogP contribution in [0.1, 0.15) is 81.9 Å². The first-order chi connectivity index (χ1) is 31.3. The molecule has 4 aliphatic heterocycles. The second kappa shape index (κ2) is 20.7. The molecule has 1 fully saturated rings. The third-order valence-corrected chi connectivity index (χ3v) is 13.2. The fraction of sp³-hybridized carbons (Fsp3) is 0.480. The Bertz CT molecular complexity index is 2420. The Kier molecular flexibility index (Phi) is 15.5. The maximum Gasteiger partial charge on any atom is 0.312 e. The van der Waals surface area contributed by atoms with Crippen molar-refractivity contribution in [1.29, 1.82) is 0 Å². The highest BCUT2D eigenvalue weighted by atomic mass is 16.7. The van der Waals surface area contributed by atoms with Crippen LogP contribution in [0.4, 0.5) is 5.69 Å². The number of carbonyl (C=O) groups excluding carboxylic acids is 3. The van der Waals surface area contributed by atoms with Gasteiger partial charge in [-0.05, 0) is 31.9 Å². The van der Waals surface area contributed by atoms with Crippen molar-refractivity contribution >= 4 is 40.3 Å². The number of aliphatic hydroxyl groups excluding tert-OH is 2. The number of methoxy groups -OCH3 is 1. The molecule has 0 unspecified atom stereocenters. The van der Waals surface area contributed by atoms with Gasteiger partial charge in [0.2, 0.25) is 0 Å². The lowest BCUT2D eigenvalue weighted by atomic mass is 9.78. The number of esters is 1. The second-order valence-corrected chi connectivity index (χ2v) is 17.9. The minimum atomic E-state index is -2.06. The van der Waals surface area contributed by atoms with Crippen molar-refractivity contribution in [2.75, 3.05) is 38.6 Å². The third-order valence-electron chi connectivity index (χ3n) is 13.2. The van der Waals surface area contributed by atoms with Crippen LogP contribution in [0.15, 0.2) is 71.6 Å². The van der Waals surface area contributed by atoms with Crippen LogP contribution in [0.25, 0.3) is 10.8 Å². The monoisotopic (exact) mass is 912 g/mol. The molecule has 16 heteroatoms. The number of fused-ring (bicyclic) bond motifs is 14. The summed E-state index contributed by atoms with van der Waals surface area (Å²) in [5, 5.41) is 67.8. The maximum absolute atomic E-state index is 14.6. The molecule has 1 amide bonds. The molecule has 66 heavy (non-hydrogen) atoms. The number of phenolic OH excluding ortho intramolecular Hbond substituents is 3. The van der Waals surface area contributed by atoms with Gasteiger partial charge >= 0.3 is 11.8 Å². The van der Waals surface area contributed by atoms with E-state index in [-0.39, 0.29) is 44.5 Å². The average molecular weight is 913 g/mol. The van der Waals surface area contributed by atoms with Crippen LogP contribution in [-0.4, -0.2) is 123 Å². The molecule has 0 radical (unpaired) electrons. The van der Waals surface area contributed by atoms with Crippen molar-refractivity contribution in [3.8, 4) is 23.0 Å². The number of hydrogen-bond acceptors (Lipinski definition) is 15. The average Bonchev–Trinajstić information content (AvgIpc) is 3.39. The highest BCUT2D eigenvalue weighted by Crippen LogP contribution is 2.55. The van der Waals surface area contributed by atoms with E-state index < -0.39 is 88.8 Å². The SMILES string of the molecule is CO[C@H]1/C=C/O[C@@]2(C)Oc3c(C)c(O)c4c(O)c(c(/C=N\N5CCCN(Cc6ccccc6)CC5)c(O)c4c3C2=O)NC(=O)/C(C)=C\C=C\[C@H](C)[C@H](O)[C@@H](C)[C@@H](O)[C@@H](C)[C@H](OC(C)=O)[C@@H]1C. The van der Waals surface area contributed by atoms with Crippen LogP contribution in [0, 0.1) is 30.6 Å². The van der Waals surface area contributed by atoms with E-state index in [9.17, 15) is 39.9 Å². The van der Waals surface area contributed by atoms with E-state index in [0.717, 1.165) is 19.5 Å². The van der Waals surface area contributed by atoms with Crippen molar-refractivity contribution < 1.29 is 58.9 Å². The van der Waals surface area contributed by atoms with Crippen molar-refractivity contribution in [2.24, 2.45) is 28.8 Å². The number of aliphatic hydroxyl groups is 2. The summed E-state index contributed by atoms with van der Waals surface area (Å²) in [6, 6.07) is 10.1. The van der Waals surface area contributed by atoms with Crippen LogP contribution in [0.5, 0.6) is 23.0 Å². The molecular weight excluding hydrogens is 849 g/mol. The van der Waals surface area contributed by atoms with Gasteiger partial charge in [-0.1, -0.05) is 76.3 Å². The lowest BCUT2D eigenvalue weighted by molar-refractivity contribution is -0.160. The smallest absolute Gasteiger partial charge is 0.312 e. The van der Waals surface area contributed by atoms with Gasteiger partial charge in [-0.2, -0.15) is 5.10 Å². The van der Waals surface area contributed by atoms with Gasteiger partial charge < -0.3 is 49.8 Å². The first-order valence-corrected chi connectivity index (χ1v) is 22.4. The number of allylic oxidation sites excluding steroid dienone is 2. The number of amides is 1. The van der Waals surface area contributed by atoms with Crippen LogP contribution in [0.3, 0.4) is 0 Å². The van der Waals surface area contributed by atoms with E-state index in [1.165, 1.54) is 65.0 Å². The topological polar surface area (TPSA) is 220 Å². The molecule has 6 N–H and O–H groups in total. The highest BCUT2D eigenvalue weighted by molar-refractivity contribution is 6.23. The maximum atomic E-state index is 14.6. The first-order valence-electron chi connectivity index (χ1n) is 22.4. The molecule has 4 aliphatic rings. The Morgan fingerprint density at radius 1 is 0.924 bits per heavy atom. The number of ketones is 1. The lowest BCUT2D eigenvalue weighted by Gasteiger charge is -2.38. The molecule has 0 aliphatic carbocycles. The standard InChI is InChI=1S/C50H64N4O12/c1-27-15-13-16-28(2)49(62)52-40-35(25-51-54-21-14-20-53(22-23-54)26-34-17-11-10-12-18-34)44(59)37-38(45(40)60)43(58)32(6)47-39(37)48(61)50(8,66-47)64-24-19-36(63-9)29(3)46(65-33(7)55)31(5)42(57)30(4)41(27)56/h10-13,15-19,24-25,27,29-31,36,41-42,46,56-60H,14,20-23,26H2,1-9H3,(H,52,62)/b15-13+,24-19+,28-16-,51-25-/t27-,29+,30+,31+,36-,41-,42+,46+,50-/m0/s1. The van der Waals surface area contributed by atoms with Gasteiger partial charge in [0.05, 0.1) is 53.0 Å². The normalized spacial score (nSPS) is 30.0. The summed E-state index contributed by atoms with van der Waals surface area (Å²) in [4.78, 5) is 43.2. The van der Waals surface area contributed by atoms with Crippen molar-refractivity contribution in [3.05, 3.63) is 88.7 Å². The number of nitrogens with one attached hydrogen (secondary N) is 1. The summed E-state index contributed by atoms with van der Waals surface area (Å²) < 4.78 is 23.8. The van der Waals surface area contributed by atoms with E-state index in [1.807, 2.05) is 23.2 Å². The van der Waals surface area contributed by atoms with Gasteiger partial charge in [-0.3, -0.25) is 24.3 Å². The third kappa shape index (κ3) is 10.2. The van der Waals surface area contributed by atoms with Crippen molar-refractivity contribution in [1.82, 2.24) is 9.91 Å². The summed E-state index contributed by atoms with van der Waals surface area (Å²) in [5.41, 5.74) is 0.823. The van der Waals surface area contributed by atoms with Gasteiger partial charge in [0.1, 0.15) is 23.4 Å². The molecule has 3 aromatic carbocycles. The van der Waals surface area contributed by atoms with Gasteiger partial charge in [0.15, 0.2) is 5.75 Å². The molecular formula is C50H64N4O12. The predicted molar refractivity (Wildman–Crippen MR) is 249 cm³/mol. The fourth-order valence-corrected chi connectivity index (χ4v) is 9.08. The number of rotatable bonds is 6. The molecule has 0 saturated carbocycles. The molecule has 5 bridgehead atoms. The highest BCUT2D eigenvalue weighted by Gasteiger charge is 2.50. The Hall–Kier alpha value is -5.94. The predicted octanol–water partition coefficient (Wildman–Crippen LogP) is 6.30. The van der Waals surface area contributed by atoms with E-state index in [0.29, 0.717) is 19.6 Å². The first kappa shape index (κ1) is 49.5. The zero-order chi connectivity index (χ0) is 48.2. The number of anilines is 1. The van der Waals surface area contributed by atoms with Crippen LogP contribution in [-0.2, 0) is 30.3 Å². The summed E-state index contributed by atoms with van der Waals surface area (Å²) in [6.07, 6.45) is 5.67. The largest absolute Gasteiger partial charge is 0.507 e. The van der Waals surface area contributed by atoms with Crippen molar-refractivity contribution in [3.63, 3.8) is 0 Å². The van der Waals surface area contributed by atoms with Gasteiger partial charge in [0, 0.05) is 93.9 Å². The number of aromatic hydroxyl groups is 3. The quantitative estimate of drug-likeness (QED) is 0.0693. The Labute approximate surface area is 385 Å². The summed E-state index contributed by atoms with van der Waals surface area (Å²) in [6.45, 7) is 15.9. The van der Waals surface area contributed by atoms with Gasteiger partial charge in [0.25, 0.3) is 11.7 Å². The molecule has 0 aromatic heterocycles. The van der Waals surface area contributed by atoms with Crippen molar-refractivity contribution in [2.45, 2.75) is 98.6 Å². The minimum Gasteiger partial charge on any atom is -0.507 e. The molecule has 1 saturated heterocycles. The molecule has 4 heterocycles.